The molecule has 0 fully saturated rings. The van der Waals surface area contributed by atoms with E-state index >= 15 is 0 Å². The summed E-state index contributed by atoms with van der Waals surface area (Å²) >= 11 is 5.68. The van der Waals surface area contributed by atoms with Gasteiger partial charge in [0, 0.05) is 5.92 Å². The summed E-state index contributed by atoms with van der Waals surface area (Å²) in [6.45, 7) is 7.89. The summed E-state index contributed by atoms with van der Waals surface area (Å²) in [5.41, 5.74) is 2.08. The van der Waals surface area contributed by atoms with E-state index in [9.17, 15) is 0 Å². The maximum atomic E-state index is 5.68. The molecule has 0 spiro atoms. The summed E-state index contributed by atoms with van der Waals surface area (Å²) in [5.74, 6) is 0.356. The molecule has 0 aliphatic rings. The van der Waals surface area contributed by atoms with E-state index in [1.807, 2.05) is 13.0 Å². The average Bonchev–Trinajstić information content (AvgIpc) is 2.03. The number of aryl methyl sites for hydroxylation is 1. The van der Waals surface area contributed by atoms with Gasteiger partial charge in [0.15, 0.2) is 5.15 Å². The maximum Gasteiger partial charge on any atom is 0.151 e. The molecule has 0 aliphatic heterocycles. The van der Waals surface area contributed by atoms with Gasteiger partial charge in [-0.3, -0.25) is 0 Å². The SMILES string of the molecule is [CH2]CC(C)c1nnc(Cl)cc1C. The lowest BCUT2D eigenvalue weighted by molar-refractivity contribution is 0.716. The summed E-state index contributed by atoms with van der Waals surface area (Å²) in [7, 11) is 0. The zero-order chi connectivity index (χ0) is 9.14. The minimum Gasteiger partial charge on any atom is -0.154 e. The van der Waals surface area contributed by atoms with Crippen LogP contribution in [0.4, 0.5) is 0 Å². The second kappa shape index (κ2) is 3.85. The Balaban J connectivity index is 3.01. The van der Waals surface area contributed by atoms with Crippen LogP contribution in [0.2, 0.25) is 5.15 Å². The standard InChI is InChI=1S/C9H12ClN2/c1-4-6(2)9-7(3)5-8(10)11-12-9/h5-6H,1,4H2,2-3H3. The van der Waals surface area contributed by atoms with Crippen molar-refractivity contribution >= 4 is 11.6 Å². The van der Waals surface area contributed by atoms with Gasteiger partial charge in [0.05, 0.1) is 5.69 Å². The molecule has 1 unspecified atom stereocenters. The van der Waals surface area contributed by atoms with Crippen molar-refractivity contribution in [3.63, 3.8) is 0 Å². The zero-order valence-corrected chi connectivity index (χ0v) is 8.10. The van der Waals surface area contributed by atoms with Crippen molar-refractivity contribution in [2.75, 3.05) is 0 Å². The molecule has 0 aliphatic carbocycles. The fourth-order valence-electron chi connectivity index (χ4n) is 1.09. The Hall–Kier alpha value is -0.630. The van der Waals surface area contributed by atoms with E-state index in [-0.39, 0.29) is 0 Å². The predicted octanol–water partition coefficient (Wildman–Crippen LogP) is 2.77. The predicted molar refractivity (Wildman–Crippen MR) is 50.2 cm³/mol. The fourth-order valence-corrected chi connectivity index (χ4v) is 1.29. The van der Waals surface area contributed by atoms with Crippen molar-refractivity contribution in [3.05, 3.63) is 29.4 Å². The van der Waals surface area contributed by atoms with Crippen molar-refractivity contribution in [2.24, 2.45) is 0 Å². The minimum atomic E-state index is 0.356. The highest BCUT2D eigenvalue weighted by atomic mass is 35.5. The summed E-state index contributed by atoms with van der Waals surface area (Å²) in [4.78, 5) is 0. The first-order valence-corrected chi connectivity index (χ1v) is 4.32. The van der Waals surface area contributed by atoms with E-state index in [2.05, 4.69) is 24.0 Å². The molecule has 1 aromatic heterocycles. The molecular weight excluding hydrogens is 172 g/mol. The summed E-state index contributed by atoms with van der Waals surface area (Å²) < 4.78 is 0. The molecule has 12 heavy (non-hydrogen) atoms. The van der Waals surface area contributed by atoms with Crippen LogP contribution in [0.1, 0.15) is 30.5 Å². The maximum absolute atomic E-state index is 5.68. The van der Waals surface area contributed by atoms with Gasteiger partial charge in [-0.25, -0.2) is 0 Å². The molecule has 65 valence electrons. The van der Waals surface area contributed by atoms with Crippen LogP contribution < -0.4 is 0 Å². The first-order valence-electron chi connectivity index (χ1n) is 3.94. The summed E-state index contributed by atoms with van der Waals surface area (Å²) in [6, 6.07) is 1.83. The second-order valence-corrected chi connectivity index (χ2v) is 3.31. The number of hydrogen-bond donors (Lipinski definition) is 0. The Kier molecular flexibility index (Phi) is 3.04. The molecule has 1 radical (unpaired) electrons. The van der Waals surface area contributed by atoms with Gasteiger partial charge in [0.2, 0.25) is 0 Å². The van der Waals surface area contributed by atoms with Gasteiger partial charge in [-0.2, -0.15) is 5.10 Å². The third-order valence-corrected chi connectivity index (χ3v) is 2.08. The van der Waals surface area contributed by atoms with E-state index < -0.39 is 0 Å². The second-order valence-electron chi connectivity index (χ2n) is 2.93. The first kappa shape index (κ1) is 9.46. The number of aromatic nitrogens is 2. The Morgan fingerprint density at radius 3 is 2.75 bits per heavy atom. The molecule has 1 aromatic rings. The molecule has 0 saturated heterocycles. The van der Waals surface area contributed by atoms with Crippen LogP contribution in [-0.2, 0) is 0 Å². The Morgan fingerprint density at radius 2 is 2.25 bits per heavy atom. The highest BCUT2D eigenvalue weighted by Gasteiger charge is 2.08. The minimum absolute atomic E-state index is 0.356. The van der Waals surface area contributed by atoms with Gasteiger partial charge in [-0.05, 0) is 25.0 Å². The van der Waals surface area contributed by atoms with Gasteiger partial charge in [-0.15, -0.1) is 5.10 Å². The van der Waals surface area contributed by atoms with Crippen molar-refractivity contribution in [1.82, 2.24) is 10.2 Å². The molecule has 1 rings (SSSR count). The normalized spacial score (nSPS) is 13.0. The van der Waals surface area contributed by atoms with Crippen LogP contribution in [0, 0.1) is 13.8 Å². The van der Waals surface area contributed by atoms with Crippen LogP contribution in [0.15, 0.2) is 6.07 Å². The van der Waals surface area contributed by atoms with E-state index in [0.29, 0.717) is 11.1 Å². The largest absolute Gasteiger partial charge is 0.154 e. The number of nitrogens with zero attached hydrogens (tertiary/aromatic N) is 2. The topological polar surface area (TPSA) is 25.8 Å². The Labute approximate surface area is 78.0 Å². The van der Waals surface area contributed by atoms with Crippen molar-refractivity contribution < 1.29 is 0 Å². The number of halogens is 1. The van der Waals surface area contributed by atoms with E-state index in [4.69, 9.17) is 11.6 Å². The molecule has 3 heteroatoms. The molecule has 2 nitrogen and oxygen atoms in total. The third-order valence-electron chi connectivity index (χ3n) is 1.89. The lowest BCUT2D eigenvalue weighted by Gasteiger charge is -2.09. The Bertz CT molecular complexity index is 273. The molecule has 1 atom stereocenters. The fraction of sp³-hybridized carbons (Fsp3) is 0.444. The zero-order valence-electron chi connectivity index (χ0n) is 7.34. The van der Waals surface area contributed by atoms with E-state index in [1.54, 1.807) is 0 Å². The van der Waals surface area contributed by atoms with Crippen LogP contribution >= 0.6 is 11.6 Å². The Morgan fingerprint density at radius 1 is 1.58 bits per heavy atom. The quantitative estimate of drug-likeness (QED) is 0.705. The third kappa shape index (κ3) is 1.95. The van der Waals surface area contributed by atoms with Crippen LogP contribution in [0.5, 0.6) is 0 Å². The smallest absolute Gasteiger partial charge is 0.151 e. The molecule has 0 amide bonds. The van der Waals surface area contributed by atoms with Crippen LogP contribution in [0.3, 0.4) is 0 Å². The number of hydrogen-bond acceptors (Lipinski definition) is 2. The summed E-state index contributed by atoms with van der Waals surface area (Å²) in [5, 5.41) is 8.27. The van der Waals surface area contributed by atoms with Crippen molar-refractivity contribution in [2.45, 2.75) is 26.2 Å². The lowest BCUT2D eigenvalue weighted by atomic mass is 10.0. The van der Waals surface area contributed by atoms with Gasteiger partial charge < -0.3 is 0 Å². The summed E-state index contributed by atoms with van der Waals surface area (Å²) in [6.07, 6.45) is 0.831. The van der Waals surface area contributed by atoms with Gasteiger partial charge in [-0.1, -0.05) is 25.4 Å². The molecular formula is C9H12ClN2. The number of rotatable bonds is 2. The highest BCUT2D eigenvalue weighted by molar-refractivity contribution is 6.29. The first-order chi connectivity index (χ1) is 5.65. The molecule has 1 heterocycles. The lowest BCUT2D eigenvalue weighted by Crippen LogP contribution is -2.01. The molecule has 0 aromatic carbocycles. The van der Waals surface area contributed by atoms with Gasteiger partial charge >= 0.3 is 0 Å². The molecule has 0 bridgehead atoms. The van der Waals surface area contributed by atoms with Gasteiger partial charge in [0.25, 0.3) is 0 Å². The van der Waals surface area contributed by atoms with Crippen molar-refractivity contribution in [1.29, 1.82) is 0 Å². The highest BCUT2D eigenvalue weighted by Crippen LogP contribution is 2.20. The molecule has 0 N–H and O–H groups in total. The average molecular weight is 184 g/mol. The van der Waals surface area contributed by atoms with Crippen LogP contribution in [-0.4, -0.2) is 10.2 Å². The van der Waals surface area contributed by atoms with Crippen molar-refractivity contribution in [3.8, 4) is 0 Å². The van der Waals surface area contributed by atoms with E-state index in [0.717, 1.165) is 17.7 Å². The van der Waals surface area contributed by atoms with E-state index in [1.165, 1.54) is 0 Å². The monoisotopic (exact) mass is 183 g/mol. The molecule has 0 saturated carbocycles. The van der Waals surface area contributed by atoms with Crippen LogP contribution in [0.25, 0.3) is 0 Å². The van der Waals surface area contributed by atoms with Gasteiger partial charge in [0.1, 0.15) is 0 Å².